The monoisotopic (exact) mass is 422 g/mol. The van der Waals surface area contributed by atoms with Crippen LogP contribution in [0.5, 0.6) is 11.5 Å². The molecule has 0 saturated carbocycles. The van der Waals surface area contributed by atoms with Crippen LogP contribution in [0.25, 0.3) is 10.9 Å². The summed E-state index contributed by atoms with van der Waals surface area (Å²) in [6.45, 7) is -0.386. The van der Waals surface area contributed by atoms with Crippen LogP contribution < -0.4 is 20.1 Å². The highest BCUT2D eigenvalue weighted by atomic mass is 16.5. The number of ether oxygens (including phenoxy) is 2. The average molecular weight is 422 g/mol. The number of amides is 4. The standard InChI is InChI=1S/C22H22N4O5/c1-30-18-8-7-14(10-19(18)31-2)24-20(27)12-26-21(28)17(25-22(26)29)9-13-11-23-16-6-4-3-5-15(13)16/h3-8,10-11,17,23H,9,12H2,1-2H3,(H,24,27)(H,25,29). The third kappa shape index (κ3) is 4.02. The van der Waals surface area contributed by atoms with Crippen LogP contribution in [0, 0.1) is 0 Å². The van der Waals surface area contributed by atoms with Crippen LogP contribution >= 0.6 is 0 Å². The highest BCUT2D eigenvalue weighted by Crippen LogP contribution is 2.29. The molecule has 2 aromatic carbocycles. The van der Waals surface area contributed by atoms with E-state index in [-0.39, 0.29) is 6.54 Å². The normalized spacial score (nSPS) is 15.8. The maximum atomic E-state index is 12.8. The van der Waals surface area contributed by atoms with Gasteiger partial charge in [-0.3, -0.25) is 14.5 Å². The van der Waals surface area contributed by atoms with Gasteiger partial charge in [0.15, 0.2) is 11.5 Å². The molecule has 9 heteroatoms. The van der Waals surface area contributed by atoms with Gasteiger partial charge in [-0.1, -0.05) is 18.2 Å². The number of rotatable bonds is 7. The van der Waals surface area contributed by atoms with Crippen LogP contribution in [0.15, 0.2) is 48.7 Å². The van der Waals surface area contributed by atoms with Gasteiger partial charge in [0, 0.05) is 35.3 Å². The maximum Gasteiger partial charge on any atom is 0.325 e. The van der Waals surface area contributed by atoms with E-state index >= 15 is 0 Å². The minimum absolute atomic E-state index is 0.336. The Morgan fingerprint density at radius 1 is 1.10 bits per heavy atom. The first-order valence-electron chi connectivity index (χ1n) is 9.69. The molecule has 0 spiro atoms. The van der Waals surface area contributed by atoms with Gasteiger partial charge in [0.2, 0.25) is 5.91 Å². The Labute approximate surface area is 178 Å². The summed E-state index contributed by atoms with van der Waals surface area (Å²) in [7, 11) is 3.00. The molecule has 0 aliphatic carbocycles. The number of H-pyrrole nitrogens is 1. The first-order chi connectivity index (χ1) is 15.0. The number of hydrogen-bond donors (Lipinski definition) is 3. The largest absolute Gasteiger partial charge is 0.493 e. The molecule has 1 unspecified atom stereocenters. The van der Waals surface area contributed by atoms with Gasteiger partial charge in [-0.05, 0) is 23.8 Å². The average Bonchev–Trinajstić information content (AvgIpc) is 3.30. The molecular weight excluding hydrogens is 400 g/mol. The summed E-state index contributed by atoms with van der Waals surface area (Å²) < 4.78 is 10.4. The predicted octanol–water partition coefficient (Wildman–Crippen LogP) is 2.29. The Hall–Kier alpha value is -4.01. The molecule has 2 heterocycles. The first kappa shape index (κ1) is 20.3. The number of imide groups is 1. The number of carbonyl (C=O) groups is 3. The van der Waals surface area contributed by atoms with E-state index in [2.05, 4.69) is 15.6 Å². The molecule has 0 bridgehead atoms. The van der Waals surface area contributed by atoms with Crippen LogP contribution in [0.4, 0.5) is 10.5 Å². The van der Waals surface area contributed by atoms with E-state index in [9.17, 15) is 14.4 Å². The second-order valence-corrected chi connectivity index (χ2v) is 7.11. The maximum absolute atomic E-state index is 12.8. The summed E-state index contributed by atoms with van der Waals surface area (Å²) in [6.07, 6.45) is 2.17. The molecule has 31 heavy (non-hydrogen) atoms. The van der Waals surface area contributed by atoms with Gasteiger partial charge in [0.05, 0.1) is 14.2 Å². The van der Waals surface area contributed by atoms with Crippen molar-refractivity contribution in [3.05, 3.63) is 54.2 Å². The first-order valence-corrected chi connectivity index (χ1v) is 9.69. The minimum Gasteiger partial charge on any atom is -0.493 e. The van der Waals surface area contributed by atoms with Crippen LogP contribution in [0.2, 0.25) is 0 Å². The van der Waals surface area contributed by atoms with E-state index in [0.717, 1.165) is 21.4 Å². The molecule has 160 valence electrons. The van der Waals surface area contributed by atoms with Crippen LogP contribution in [-0.4, -0.2) is 54.5 Å². The van der Waals surface area contributed by atoms with Crippen LogP contribution in [0.3, 0.4) is 0 Å². The Balaban J connectivity index is 1.41. The number of aromatic amines is 1. The Kier molecular flexibility index (Phi) is 5.48. The molecule has 4 amide bonds. The molecule has 1 aliphatic rings. The number of hydrogen-bond acceptors (Lipinski definition) is 5. The minimum atomic E-state index is -0.722. The molecule has 0 radical (unpaired) electrons. The molecule has 4 rings (SSSR count). The lowest BCUT2D eigenvalue weighted by atomic mass is 10.1. The number of anilines is 1. The van der Waals surface area contributed by atoms with E-state index in [1.54, 1.807) is 18.2 Å². The van der Waals surface area contributed by atoms with Gasteiger partial charge in [0.1, 0.15) is 12.6 Å². The molecule has 1 saturated heterocycles. The summed E-state index contributed by atoms with van der Waals surface area (Å²) in [5.74, 6) is 0.0463. The van der Waals surface area contributed by atoms with Gasteiger partial charge >= 0.3 is 6.03 Å². The smallest absolute Gasteiger partial charge is 0.325 e. The van der Waals surface area contributed by atoms with Crippen LogP contribution in [0.1, 0.15) is 5.56 Å². The number of carbonyl (C=O) groups excluding carboxylic acids is 3. The summed E-state index contributed by atoms with van der Waals surface area (Å²) in [5.41, 5.74) is 2.34. The number of urea groups is 1. The lowest BCUT2D eigenvalue weighted by Gasteiger charge is -2.14. The highest BCUT2D eigenvalue weighted by Gasteiger charge is 2.39. The second-order valence-electron chi connectivity index (χ2n) is 7.11. The zero-order valence-electron chi connectivity index (χ0n) is 17.1. The SMILES string of the molecule is COc1ccc(NC(=O)CN2C(=O)NC(Cc3c[nH]c4ccccc34)C2=O)cc1OC. The molecule has 3 N–H and O–H groups in total. The Bertz CT molecular complexity index is 1160. The van der Waals surface area contributed by atoms with Gasteiger partial charge in [0.25, 0.3) is 5.91 Å². The number of aromatic nitrogens is 1. The fourth-order valence-electron chi connectivity index (χ4n) is 3.64. The predicted molar refractivity (Wildman–Crippen MR) is 114 cm³/mol. The van der Waals surface area contributed by atoms with E-state index in [0.29, 0.717) is 23.6 Å². The number of fused-ring (bicyclic) bond motifs is 1. The molecule has 3 aromatic rings. The summed E-state index contributed by atoms with van der Waals surface area (Å²) in [5, 5.41) is 6.33. The van der Waals surface area contributed by atoms with E-state index in [1.165, 1.54) is 14.2 Å². The van der Waals surface area contributed by atoms with Gasteiger partial charge < -0.3 is 25.1 Å². The highest BCUT2D eigenvalue weighted by molar-refractivity contribution is 6.08. The van der Waals surface area contributed by atoms with Crippen molar-refractivity contribution in [3.8, 4) is 11.5 Å². The van der Waals surface area contributed by atoms with Gasteiger partial charge in [-0.15, -0.1) is 0 Å². The number of para-hydroxylation sites is 1. The molecule has 1 aliphatic heterocycles. The van der Waals surface area contributed by atoms with E-state index in [4.69, 9.17) is 9.47 Å². The number of benzene rings is 2. The molecule has 9 nitrogen and oxygen atoms in total. The fourth-order valence-corrected chi connectivity index (χ4v) is 3.64. The zero-order chi connectivity index (χ0) is 22.0. The van der Waals surface area contributed by atoms with E-state index < -0.39 is 23.9 Å². The molecule has 1 atom stereocenters. The topological polar surface area (TPSA) is 113 Å². The quantitative estimate of drug-likeness (QED) is 0.506. The van der Waals surface area contributed by atoms with Crippen molar-refractivity contribution in [1.29, 1.82) is 0 Å². The summed E-state index contributed by atoms with van der Waals surface area (Å²) in [6, 6.07) is 11.3. The summed E-state index contributed by atoms with van der Waals surface area (Å²) in [4.78, 5) is 41.6. The van der Waals surface area contributed by atoms with Crippen molar-refractivity contribution in [3.63, 3.8) is 0 Å². The third-order valence-corrected chi connectivity index (χ3v) is 5.17. The van der Waals surface area contributed by atoms with Crippen LogP contribution in [-0.2, 0) is 16.0 Å². The summed E-state index contributed by atoms with van der Waals surface area (Å²) >= 11 is 0. The number of methoxy groups -OCH3 is 2. The van der Waals surface area contributed by atoms with Crippen molar-refractivity contribution in [1.82, 2.24) is 15.2 Å². The zero-order valence-corrected chi connectivity index (χ0v) is 17.1. The van der Waals surface area contributed by atoms with Gasteiger partial charge in [-0.25, -0.2) is 4.79 Å². The van der Waals surface area contributed by atoms with Crippen molar-refractivity contribution in [2.24, 2.45) is 0 Å². The third-order valence-electron chi connectivity index (χ3n) is 5.17. The molecule has 1 aromatic heterocycles. The van der Waals surface area contributed by atoms with Gasteiger partial charge in [-0.2, -0.15) is 0 Å². The lowest BCUT2D eigenvalue weighted by Crippen LogP contribution is -2.38. The second kappa shape index (κ2) is 8.39. The lowest BCUT2D eigenvalue weighted by molar-refractivity contribution is -0.130. The fraction of sp³-hybridized carbons (Fsp3) is 0.227. The van der Waals surface area contributed by atoms with Crippen molar-refractivity contribution < 1.29 is 23.9 Å². The van der Waals surface area contributed by atoms with Crippen molar-refractivity contribution in [2.75, 3.05) is 26.1 Å². The Morgan fingerprint density at radius 3 is 2.65 bits per heavy atom. The van der Waals surface area contributed by atoms with Crippen molar-refractivity contribution >= 4 is 34.4 Å². The Morgan fingerprint density at radius 2 is 1.87 bits per heavy atom. The van der Waals surface area contributed by atoms with Crippen molar-refractivity contribution in [2.45, 2.75) is 12.5 Å². The molecule has 1 fully saturated rings. The van der Waals surface area contributed by atoms with E-state index in [1.807, 2.05) is 30.5 Å². The molecular formula is C22H22N4O5. The number of nitrogens with zero attached hydrogens (tertiary/aromatic N) is 1. The number of nitrogens with one attached hydrogen (secondary N) is 3.